The summed E-state index contributed by atoms with van der Waals surface area (Å²) in [5.41, 5.74) is -2.57. The standard InChI is InChI=1S/C36H46O8/c1-5-9-23-39-29-31(41-25-11-7-3)35(43-33(29)37,27-19-15-13-16-20-27)36(28-21-17-14-18-22-28)32(42-26-12-8-4)30(34(38)44-36)40-24-10-6-2/h13-22H,5-12,23-26H2,1-4H3/t35-,36+. The van der Waals surface area contributed by atoms with Crippen LogP contribution < -0.4 is 0 Å². The topological polar surface area (TPSA) is 89.5 Å². The van der Waals surface area contributed by atoms with E-state index in [2.05, 4.69) is 13.8 Å². The van der Waals surface area contributed by atoms with Gasteiger partial charge in [-0.1, -0.05) is 114 Å². The number of rotatable bonds is 19. The lowest BCUT2D eigenvalue weighted by Gasteiger charge is -2.44. The van der Waals surface area contributed by atoms with Gasteiger partial charge in [-0.25, -0.2) is 9.59 Å². The van der Waals surface area contributed by atoms with E-state index in [1.807, 2.05) is 74.5 Å². The summed E-state index contributed by atoms with van der Waals surface area (Å²) in [5, 5.41) is 0. The number of carbonyl (C=O) groups is 2. The number of esters is 2. The van der Waals surface area contributed by atoms with Crippen molar-refractivity contribution in [1.82, 2.24) is 0 Å². The monoisotopic (exact) mass is 606 g/mol. The molecule has 2 aliphatic rings. The first-order chi connectivity index (χ1) is 21.5. The molecule has 8 heteroatoms. The van der Waals surface area contributed by atoms with Crippen molar-refractivity contribution in [2.75, 3.05) is 26.4 Å². The van der Waals surface area contributed by atoms with Crippen molar-refractivity contribution in [3.8, 4) is 0 Å². The summed E-state index contributed by atoms with van der Waals surface area (Å²) < 4.78 is 38.3. The molecule has 0 aliphatic carbocycles. The first kappa shape index (κ1) is 33.0. The third kappa shape index (κ3) is 6.30. The Hall–Kier alpha value is -3.94. The average Bonchev–Trinajstić information content (AvgIpc) is 3.50. The van der Waals surface area contributed by atoms with Gasteiger partial charge in [-0.15, -0.1) is 0 Å². The van der Waals surface area contributed by atoms with Crippen LogP contribution in [0.25, 0.3) is 0 Å². The summed E-state index contributed by atoms with van der Waals surface area (Å²) in [5.74, 6) is -1.15. The van der Waals surface area contributed by atoms with E-state index in [-0.39, 0.29) is 23.0 Å². The van der Waals surface area contributed by atoms with Crippen molar-refractivity contribution in [1.29, 1.82) is 0 Å². The fraction of sp³-hybridized carbons (Fsp3) is 0.500. The predicted octanol–water partition coefficient (Wildman–Crippen LogP) is 7.58. The van der Waals surface area contributed by atoms with Gasteiger partial charge in [0.15, 0.2) is 11.5 Å². The maximum atomic E-state index is 14.0. The zero-order valence-corrected chi connectivity index (χ0v) is 26.5. The first-order valence-corrected chi connectivity index (χ1v) is 16.1. The summed E-state index contributed by atoms with van der Waals surface area (Å²) in [6, 6.07) is 18.5. The number of cyclic esters (lactones) is 2. The minimum absolute atomic E-state index is 0.0296. The summed E-state index contributed by atoms with van der Waals surface area (Å²) in [4.78, 5) is 27.9. The van der Waals surface area contributed by atoms with Gasteiger partial charge < -0.3 is 28.4 Å². The van der Waals surface area contributed by atoms with E-state index in [9.17, 15) is 9.59 Å². The van der Waals surface area contributed by atoms with Crippen molar-refractivity contribution in [2.45, 2.75) is 90.3 Å². The molecule has 0 unspecified atom stereocenters. The van der Waals surface area contributed by atoms with Gasteiger partial charge in [-0.2, -0.15) is 0 Å². The molecular weight excluding hydrogens is 560 g/mol. The van der Waals surface area contributed by atoms with Crippen LogP contribution >= 0.6 is 0 Å². The Morgan fingerprint density at radius 1 is 0.500 bits per heavy atom. The third-order valence-corrected chi connectivity index (χ3v) is 7.75. The Kier molecular flexibility index (Phi) is 11.8. The van der Waals surface area contributed by atoms with Crippen molar-refractivity contribution >= 4 is 11.9 Å². The van der Waals surface area contributed by atoms with Gasteiger partial charge in [0, 0.05) is 11.1 Å². The Bertz CT molecular complexity index is 1200. The van der Waals surface area contributed by atoms with Gasteiger partial charge >= 0.3 is 11.9 Å². The van der Waals surface area contributed by atoms with Gasteiger partial charge in [0.25, 0.3) is 0 Å². The van der Waals surface area contributed by atoms with Gasteiger partial charge in [-0.3, -0.25) is 0 Å². The maximum Gasteiger partial charge on any atom is 0.378 e. The molecule has 44 heavy (non-hydrogen) atoms. The molecule has 0 spiro atoms. The molecule has 0 saturated carbocycles. The van der Waals surface area contributed by atoms with E-state index < -0.39 is 23.1 Å². The van der Waals surface area contributed by atoms with Crippen LogP contribution in [0, 0.1) is 0 Å². The summed E-state index contributed by atoms with van der Waals surface area (Å²) >= 11 is 0. The fourth-order valence-corrected chi connectivity index (χ4v) is 5.42. The normalized spacial score (nSPS) is 21.4. The van der Waals surface area contributed by atoms with E-state index in [0.717, 1.165) is 51.4 Å². The second-order valence-electron chi connectivity index (χ2n) is 11.0. The van der Waals surface area contributed by atoms with Gasteiger partial charge in [0.1, 0.15) is 0 Å². The highest BCUT2D eigenvalue weighted by Gasteiger charge is 2.74. The Morgan fingerprint density at radius 2 is 0.818 bits per heavy atom. The number of benzene rings is 2. The SMILES string of the molecule is CCCCOC1=C(OCCCC)[C@@](c2ccccc2)([C@]2(c3ccccc3)OC(=O)C(OCCCC)=C2OCCCC)OC1=O. The molecule has 4 rings (SSSR count). The molecule has 0 saturated heterocycles. The molecule has 0 amide bonds. The molecule has 2 aliphatic heterocycles. The summed E-state index contributed by atoms with van der Waals surface area (Å²) in [7, 11) is 0. The van der Waals surface area contributed by atoms with Crippen LogP contribution in [-0.2, 0) is 49.2 Å². The van der Waals surface area contributed by atoms with Crippen LogP contribution in [0.1, 0.15) is 90.2 Å². The van der Waals surface area contributed by atoms with E-state index in [1.165, 1.54) is 0 Å². The van der Waals surface area contributed by atoms with Crippen LogP contribution in [0.15, 0.2) is 83.7 Å². The van der Waals surface area contributed by atoms with E-state index in [4.69, 9.17) is 28.4 Å². The van der Waals surface area contributed by atoms with Crippen LogP contribution in [0.4, 0.5) is 0 Å². The molecule has 0 fully saturated rings. The quantitative estimate of drug-likeness (QED) is 0.119. The number of hydrogen-bond donors (Lipinski definition) is 0. The maximum absolute atomic E-state index is 14.0. The van der Waals surface area contributed by atoms with Crippen molar-refractivity contribution in [3.63, 3.8) is 0 Å². The Morgan fingerprint density at radius 3 is 1.14 bits per heavy atom. The molecule has 2 atom stereocenters. The molecule has 8 nitrogen and oxygen atoms in total. The fourth-order valence-electron chi connectivity index (χ4n) is 5.42. The van der Waals surface area contributed by atoms with E-state index >= 15 is 0 Å². The summed E-state index contributed by atoms with van der Waals surface area (Å²) in [6.45, 7) is 9.40. The second-order valence-corrected chi connectivity index (χ2v) is 11.0. The molecule has 2 aromatic rings. The molecule has 238 valence electrons. The smallest absolute Gasteiger partial charge is 0.378 e. The highest BCUT2D eigenvalue weighted by atomic mass is 16.7. The van der Waals surface area contributed by atoms with Gasteiger partial charge in [0.2, 0.25) is 22.7 Å². The highest BCUT2D eigenvalue weighted by Crippen LogP contribution is 2.61. The lowest BCUT2D eigenvalue weighted by Crippen LogP contribution is -2.54. The second kappa shape index (κ2) is 15.7. The van der Waals surface area contributed by atoms with Crippen molar-refractivity contribution in [2.24, 2.45) is 0 Å². The molecule has 2 aromatic carbocycles. The van der Waals surface area contributed by atoms with Gasteiger partial charge in [0.05, 0.1) is 26.4 Å². The van der Waals surface area contributed by atoms with E-state index in [0.29, 0.717) is 37.6 Å². The minimum atomic E-state index is -1.82. The number of ether oxygens (including phenoxy) is 6. The summed E-state index contributed by atoms with van der Waals surface area (Å²) in [6.07, 6.45) is 6.40. The van der Waals surface area contributed by atoms with Crippen LogP contribution in [-0.4, -0.2) is 38.4 Å². The third-order valence-electron chi connectivity index (χ3n) is 7.75. The van der Waals surface area contributed by atoms with Crippen molar-refractivity contribution in [3.05, 3.63) is 94.8 Å². The Balaban J connectivity index is 2.09. The minimum Gasteiger partial charge on any atom is -0.489 e. The predicted molar refractivity (Wildman–Crippen MR) is 166 cm³/mol. The van der Waals surface area contributed by atoms with Crippen molar-refractivity contribution < 1.29 is 38.0 Å². The van der Waals surface area contributed by atoms with Crippen LogP contribution in [0.3, 0.4) is 0 Å². The van der Waals surface area contributed by atoms with Crippen LogP contribution in [0.5, 0.6) is 0 Å². The Labute approximate surface area is 261 Å². The molecule has 0 radical (unpaired) electrons. The molecular formula is C36H46O8. The number of hydrogen-bond acceptors (Lipinski definition) is 8. The number of unbranched alkanes of at least 4 members (excludes halogenated alkanes) is 4. The average molecular weight is 607 g/mol. The first-order valence-electron chi connectivity index (χ1n) is 16.1. The zero-order chi connectivity index (χ0) is 31.4. The largest absolute Gasteiger partial charge is 0.489 e. The van der Waals surface area contributed by atoms with E-state index in [1.54, 1.807) is 0 Å². The number of carbonyl (C=O) groups excluding carboxylic acids is 2. The molecule has 0 aromatic heterocycles. The van der Waals surface area contributed by atoms with Gasteiger partial charge in [-0.05, 0) is 25.7 Å². The van der Waals surface area contributed by atoms with Crippen LogP contribution in [0.2, 0.25) is 0 Å². The lowest BCUT2D eigenvalue weighted by atomic mass is 9.71. The molecule has 0 N–H and O–H groups in total. The highest BCUT2D eigenvalue weighted by molar-refractivity contribution is 5.94. The zero-order valence-electron chi connectivity index (χ0n) is 26.5. The molecule has 2 heterocycles. The lowest BCUT2D eigenvalue weighted by molar-refractivity contribution is -0.202. The molecule has 0 bridgehead atoms.